The van der Waals surface area contributed by atoms with E-state index in [1.165, 1.54) is 0 Å². The molecule has 1 aromatic rings. The molecule has 1 amide bonds. The number of benzene rings is 1. The second-order valence-corrected chi connectivity index (χ2v) is 5.18. The second-order valence-electron chi connectivity index (χ2n) is 5.18. The van der Waals surface area contributed by atoms with E-state index in [4.69, 9.17) is 10.8 Å². The molecule has 5 nitrogen and oxygen atoms in total. The molecule has 5 heteroatoms. The van der Waals surface area contributed by atoms with Gasteiger partial charge in [-0.15, -0.1) is 0 Å². The number of carbonyl (C=O) groups excluding carboxylic acids is 1. The Morgan fingerprint density at radius 2 is 1.95 bits per heavy atom. The van der Waals surface area contributed by atoms with E-state index in [9.17, 15) is 9.59 Å². The number of amides is 1. The highest BCUT2D eigenvalue weighted by Crippen LogP contribution is 2.48. The Bertz CT molecular complexity index is 492. The molecule has 0 heterocycles. The molecule has 1 aliphatic rings. The van der Waals surface area contributed by atoms with E-state index in [-0.39, 0.29) is 18.4 Å². The summed E-state index contributed by atoms with van der Waals surface area (Å²) < 4.78 is 0. The maximum absolute atomic E-state index is 12.3. The molecule has 2 rings (SSSR count). The number of nitrogens with two attached hydrogens (primary N) is 1. The summed E-state index contributed by atoms with van der Waals surface area (Å²) >= 11 is 0. The van der Waals surface area contributed by atoms with Crippen LogP contribution in [0.5, 0.6) is 0 Å². The molecule has 102 valence electrons. The SMILES string of the molecule is CC(CC(=O)O)NC(=O)C1(c2ccc(N)cc2)CC1. The summed E-state index contributed by atoms with van der Waals surface area (Å²) in [5.41, 5.74) is 6.76. The molecule has 1 fully saturated rings. The Morgan fingerprint density at radius 1 is 1.37 bits per heavy atom. The van der Waals surface area contributed by atoms with E-state index < -0.39 is 11.4 Å². The highest BCUT2D eigenvalue weighted by molar-refractivity contribution is 5.91. The minimum atomic E-state index is -0.912. The molecule has 1 atom stereocenters. The minimum Gasteiger partial charge on any atom is -0.481 e. The van der Waals surface area contributed by atoms with Gasteiger partial charge in [-0.2, -0.15) is 0 Å². The third-order valence-electron chi connectivity index (χ3n) is 3.51. The van der Waals surface area contributed by atoms with E-state index >= 15 is 0 Å². The molecule has 0 aliphatic heterocycles. The van der Waals surface area contributed by atoms with E-state index in [0.29, 0.717) is 5.69 Å². The first kappa shape index (κ1) is 13.4. The normalized spacial score (nSPS) is 17.5. The summed E-state index contributed by atoms with van der Waals surface area (Å²) in [5, 5.41) is 11.5. The van der Waals surface area contributed by atoms with Crippen LogP contribution in [0, 0.1) is 0 Å². The lowest BCUT2D eigenvalue weighted by Crippen LogP contribution is -2.41. The number of aliphatic carboxylic acids is 1. The zero-order valence-corrected chi connectivity index (χ0v) is 10.8. The lowest BCUT2D eigenvalue weighted by Gasteiger charge is -2.19. The van der Waals surface area contributed by atoms with Crippen LogP contribution in [0.15, 0.2) is 24.3 Å². The fraction of sp³-hybridized carbons (Fsp3) is 0.429. The van der Waals surface area contributed by atoms with Gasteiger partial charge in [0.05, 0.1) is 11.8 Å². The number of carboxylic acid groups (broad SMARTS) is 1. The molecular weight excluding hydrogens is 244 g/mol. The summed E-state index contributed by atoms with van der Waals surface area (Å²) in [4.78, 5) is 22.9. The van der Waals surface area contributed by atoms with Crippen molar-refractivity contribution in [3.63, 3.8) is 0 Å². The third kappa shape index (κ3) is 2.86. The van der Waals surface area contributed by atoms with Gasteiger partial charge in [0, 0.05) is 11.7 Å². The quantitative estimate of drug-likeness (QED) is 0.697. The third-order valence-corrected chi connectivity index (χ3v) is 3.51. The first-order valence-electron chi connectivity index (χ1n) is 6.33. The van der Waals surface area contributed by atoms with Crippen LogP contribution < -0.4 is 11.1 Å². The number of hydrogen-bond donors (Lipinski definition) is 3. The first-order chi connectivity index (χ1) is 8.94. The van der Waals surface area contributed by atoms with Crippen LogP contribution in [-0.2, 0) is 15.0 Å². The summed E-state index contributed by atoms with van der Waals surface area (Å²) in [7, 11) is 0. The molecule has 19 heavy (non-hydrogen) atoms. The van der Waals surface area contributed by atoms with E-state index in [0.717, 1.165) is 18.4 Å². The zero-order chi connectivity index (χ0) is 14.0. The largest absolute Gasteiger partial charge is 0.481 e. The van der Waals surface area contributed by atoms with Crippen molar-refractivity contribution in [3.05, 3.63) is 29.8 Å². The van der Waals surface area contributed by atoms with Crippen LogP contribution in [0.3, 0.4) is 0 Å². The molecule has 1 saturated carbocycles. The summed E-state index contributed by atoms with van der Waals surface area (Å²) in [5.74, 6) is -1.00. The van der Waals surface area contributed by atoms with Crippen molar-refractivity contribution in [3.8, 4) is 0 Å². The molecule has 0 aromatic heterocycles. The summed E-state index contributed by atoms with van der Waals surface area (Å²) in [6.45, 7) is 1.70. The number of rotatable bonds is 5. The van der Waals surface area contributed by atoms with Crippen LogP contribution >= 0.6 is 0 Å². The number of hydrogen-bond acceptors (Lipinski definition) is 3. The van der Waals surface area contributed by atoms with Gasteiger partial charge in [-0.1, -0.05) is 12.1 Å². The number of anilines is 1. The monoisotopic (exact) mass is 262 g/mol. The summed E-state index contributed by atoms with van der Waals surface area (Å²) in [6, 6.07) is 6.93. The molecular formula is C14H18N2O3. The van der Waals surface area contributed by atoms with Gasteiger partial charge in [-0.3, -0.25) is 9.59 Å². The van der Waals surface area contributed by atoms with E-state index in [1.807, 2.05) is 12.1 Å². The van der Waals surface area contributed by atoms with Crippen LogP contribution in [0.2, 0.25) is 0 Å². The average molecular weight is 262 g/mol. The predicted octanol–water partition coefficient (Wildman–Crippen LogP) is 1.28. The van der Waals surface area contributed by atoms with Crippen molar-refractivity contribution in [1.82, 2.24) is 5.32 Å². The fourth-order valence-corrected chi connectivity index (χ4v) is 2.25. The minimum absolute atomic E-state index is 0.0659. The molecule has 0 bridgehead atoms. The van der Waals surface area contributed by atoms with E-state index in [1.54, 1.807) is 19.1 Å². The first-order valence-corrected chi connectivity index (χ1v) is 6.33. The van der Waals surface area contributed by atoms with Crippen LogP contribution in [0.25, 0.3) is 0 Å². The summed E-state index contributed by atoms with van der Waals surface area (Å²) in [6.07, 6.45) is 1.52. The van der Waals surface area contributed by atoms with Gasteiger partial charge in [-0.25, -0.2) is 0 Å². The molecule has 0 radical (unpaired) electrons. The lowest BCUT2D eigenvalue weighted by molar-refractivity contribution is -0.137. The average Bonchev–Trinajstić information content (AvgIpc) is 3.09. The predicted molar refractivity (Wildman–Crippen MR) is 71.6 cm³/mol. The van der Waals surface area contributed by atoms with Crippen molar-refractivity contribution in [2.45, 2.75) is 37.6 Å². The van der Waals surface area contributed by atoms with Crippen molar-refractivity contribution in [1.29, 1.82) is 0 Å². The highest BCUT2D eigenvalue weighted by Gasteiger charge is 2.51. The van der Waals surface area contributed by atoms with Crippen molar-refractivity contribution in [2.24, 2.45) is 0 Å². The van der Waals surface area contributed by atoms with Gasteiger partial charge in [-0.05, 0) is 37.5 Å². The van der Waals surface area contributed by atoms with Crippen molar-refractivity contribution in [2.75, 3.05) is 5.73 Å². The van der Waals surface area contributed by atoms with Gasteiger partial charge in [0.25, 0.3) is 0 Å². The van der Waals surface area contributed by atoms with Crippen molar-refractivity contribution >= 4 is 17.6 Å². The number of carbonyl (C=O) groups is 2. The highest BCUT2D eigenvalue weighted by atomic mass is 16.4. The van der Waals surface area contributed by atoms with Gasteiger partial charge in [0.2, 0.25) is 5.91 Å². The van der Waals surface area contributed by atoms with Crippen molar-refractivity contribution < 1.29 is 14.7 Å². The smallest absolute Gasteiger partial charge is 0.305 e. The van der Waals surface area contributed by atoms with Gasteiger partial charge in [0.1, 0.15) is 0 Å². The van der Waals surface area contributed by atoms with Gasteiger partial charge in [0.15, 0.2) is 0 Å². The zero-order valence-electron chi connectivity index (χ0n) is 10.8. The van der Waals surface area contributed by atoms with Crippen LogP contribution in [-0.4, -0.2) is 23.0 Å². The maximum atomic E-state index is 12.3. The topological polar surface area (TPSA) is 92.4 Å². The Labute approximate surface area is 111 Å². The molecule has 0 saturated heterocycles. The maximum Gasteiger partial charge on any atom is 0.305 e. The molecule has 1 unspecified atom stereocenters. The second kappa shape index (κ2) is 4.91. The molecule has 4 N–H and O–H groups in total. The Morgan fingerprint density at radius 3 is 2.42 bits per heavy atom. The Hall–Kier alpha value is -2.04. The number of nitrogen functional groups attached to an aromatic ring is 1. The number of nitrogens with one attached hydrogen (secondary N) is 1. The van der Waals surface area contributed by atoms with Gasteiger partial charge >= 0.3 is 5.97 Å². The van der Waals surface area contributed by atoms with Crippen LogP contribution in [0.1, 0.15) is 31.7 Å². The Kier molecular flexibility index (Phi) is 3.46. The fourth-order valence-electron chi connectivity index (χ4n) is 2.25. The molecule has 1 aliphatic carbocycles. The van der Waals surface area contributed by atoms with Crippen LogP contribution in [0.4, 0.5) is 5.69 Å². The van der Waals surface area contributed by atoms with E-state index in [2.05, 4.69) is 5.32 Å². The lowest BCUT2D eigenvalue weighted by atomic mass is 9.94. The number of carboxylic acids is 1. The standard InChI is InChI=1S/C14H18N2O3/c1-9(8-12(17)18)16-13(19)14(6-7-14)10-2-4-11(15)5-3-10/h2-5,9H,6-8,15H2,1H3,(H,16,19)(H,17,18). The molecule has 1 aromatic carbocycles. The Balaban J connectivity index is 2.06. The van der Waals surface area contributed by atoms with Gasteiger partial charge < -0.3 is 16.2 Å². The molecule has 0 spiro atoms.